The van der Waals surface area contributed by atoms with Gasteiger partial charge in [0.15, 0.2) is 0 Å². The predicted molar refractivity (Wildman–Crippen MR) is 62.2 cm³/mol. The molecule has 2 aliphatic rings. The Morgan fingerprint density at radius 2 is 1.65 bits per heavy atom. The number of alkyl halides is 5. The van der Waals surface area contributed by atoms with E-state index >= 15 is 0 Å². The number of nitrogens with zero attached hydrogens (tertiary/aromatic N) is 1. The summed E-state index contributed by atoms with van der Waals surface area (Å²) in [6.07, 6.45) is -2.29. The monoisotopic (exact) mass is 299 g/mol. The molecule has 1 amide bonds. The molecular weight excluding hydrogens is 281 g/mol. The van der Waals surface area contributed by atoms with Crippen molar-refractivity contribution in [1.29, 1.82) is 0 Å². The number of rotatable bonds is 1. The van der Waals surface area contributed by atoms with E-state index in [2.05, 4.69) is 0 Å². The Morgan fingerprint density at radius 3 is 2.25 bits per heavy atom. The minimum atomic E-state index is -5.82. The van der Waals surface area contributed by atoms with Gasteiger partial charge in [-0.05, 0) is 31.1 Å². The molecule has 2 fully saturated rings. The van der Waals surface area contributed by atoms with Gasteiger partial charge in [0, 0.05) is 12.6 Å². The third-order valence-corrected chi connectivity index (χ3v) is 4.62. The molecule has 0 aromatic heterocycles. The number of likely N-dealkylation sites (tertiary alicyclic amines) is 1. The normalized spacial score (nSPS) is 31.9. The van der Waals surface area contributed by atoms with Crippen LogP contribution in [0.4, 0.5) is 22.0 Å². The standard InChI is InChI=1S/C13H18F5NO/c1-8-6-7-19(10-5-3-2-4-9(8)10)11(20)12(14,15)13(16,17)18/h8-10H,2-7H2,1H3. The van der Waals surface area contributed by atoms with Crippen LogP contribution in [-0.2, 0) is 4.79 Å². The highest BCUT2D eigenvalue weighted by molar-refractivity contribution is 5.84. The molecule has 0 radical (unpaired) electrons. The molecule has 3 atom stereocenters. The van der Waals surface area contributed by atoms with Gasteiger partial charge in [0.25, 0.3) is 0 Å². The first-order valence-corrected chi connectivity index (χ1v) is 6.92. The lowest BCUT2D eigenvalue weighted by Gasteiger charge is -2.48. The fraction of sp³-hybridized carbons (Fsp3) is 0.923. The molecule has 1 heterocycles. The molecule has 3 unspecified atom stereocenters. The van der Waals surface area contributed by atoms with E-state index in [1.165, 1.54) is 0 Å². The van der Waals surface area contributed by atoms with Crippen molar-refractivity contribution in [3.63, 3.8) is 0 Å². The maximum absolute atomic E-state index is 13.2. The van der Waals surface area contributed by atoms with Gasteiger partial charge in [-0.2, -0.15) is 22.0 Å². The average molecular weight is 299 g/mol. The zero-order chi connectivity index (χ0) is 15.1. The number of carbonyl (C=O) groups is 1. The molecule has 2 nitrogen and oxygen atoms in total. The van der Waals surface area contributed by atoms with Crippen molar-refractivity contribution in [1.82, 2.24) is 4.90 Å². The summed E-state index contributed by atoms with van der Waals surface area (Å²) in [6, 6.07) is -0.465. The van der Waals surface area contributed by atoms with Crippen LogP contribution in [0.2, 0.25) is 0 Å². The minimum absolute atomic E-state index is 0.00711. The Labute approximate surface area is 114 Å². The van der Waals surface area contributed by atoms with Gasteiger partial charge in [0.05, 0.1) is 0 Å². The van der Waals surface area contributed by atoms with Gasteiger partial charge in [-0.1, -0.05) is 19.8 Å². The van der Waals surface area contributed by atoms with E-state index in [-0.39, 0.29) is 18.4 Å². The Kier molecular flexibility index (Phi) is 3.99. The van der Waals surface area contributed by atoms with Crippen LogP contribution in [0.15, 0.2) is 0 Å². The maximum atomic E-state index is 13.2. The van der Waals surface area contributed by atoms with Gasteiger partial charge in [0.1, 0.15) is 0 Å². The number of halogens is 5. The molecule has 0 aromatic carbocycles. The van der Waals surface area contributed by atoms with Gasteiger partial charge in [-0.25, -0.2) is 0 Å². The Balaban J connectivity index is 2.21. The summed E-state index contributed by atoms with van der Waals surface area (Å²) in [5.41, 5.74) is 0. The molecule has 1 aliphatic heterocycles. The zero-order valence-corrected chi connectivity index (χ0v) is 11.2. The quantitative estimate of drug-likeness (QED) is 0.677. The van der Waals surface area contributed by atoms with Crippen molar-refractivity contribution in [3.05, 3.63) is 0 Å². The van der Waals surface area contributed by atoms with Crippen LogP contribution in [-0.4, -0.2) is 35.5 Å². The molecule has 1 saturated heterocycles. The first-order valence-electron chi connectivity index (χ1n) is 6.92. The van der Waals surface area contributed by atoms with Crippen LogP contribution < -0.4 is 0 Å². The average Bonchev–Trinajstić information content (AvgIpc) is 2.37. The molecule has 0 spiro atoms. The number of amides is 1. The van der Waals surface area contributed by atoms with Gasteiger partial charge < -0.3 is 4.90 Å². The molecule has 0 bridgehead atoms. The fourth-order valence-electron chi connectivity index (χ4n) is 3.47. The van der Waals surface area contributed by atoms with E-state index < -0.39 is 24.0 Å². The molecule has 116 valence electrons. The molecule has 1 saturated carbocycles. The number of hydrogen-bond donors (Lipinski definition) is 0. The minimum Gasteiger partial charge on any atom is -0.334 e. The van der Waals surface area contributed by atoms with Crippen LogP contribution >= 0.6 is 0 Å². The summed E-state index contributed by atoms with van der Waals surface area (Å²) in [4.78, 5) is 12.5. The van der Waals surface area contributed by atoms with E-state index in [9.17, 15) is 26.7 Å². The van der Waals surface area contributed by atoms with Gasteiger partial charge in [-0.3, -0.25) is 4.79 Å². The highest BCUT2D eigenvalue weighted by Gasteiger charge is 2.65. The van der Waals surface area contributed by atoms with Crippen molar-refractivity contribution >= 4 is 5.91 Å². The highest BCUT2D eigenvalue weighted by atomic mass is 19.4. The first kappa shape index (κ1) is 15.5. The van der Waals surface area contributed by atoms with Crippen LogP contribution in [0.1, 0.15) is 39.0 Å². The van der Waals surface area contributed by atoms with Crippen LogP contribution in [0.25, 0.3) is 0 Å². The zero-order valence-electron chi connectivity index (χ0n) is 11.2. The first-order chi connectivity index (χ1) is 9.16. The number of fused-ring (bicyclic) bond motifs is 1. The van der Waals surface area contributed by atoms with Crippen molar-refractivity contribution in [2.75, 3.05) is 6.54 Å². The number of carbonyl (C=O) groups excluding carboxylic acids is 1. The van der Waals surface area contributed by atoms with Crippen molar-refractivity contribution < 1.29 is 26.7 Å². The Hall–Kier alpha value is -0.880. The number of piperidine rings is 1. The Morgan fingerprint density at radius 1 is 1.05 bits per heavy atom. The summed E-state index contributed by atoms with van der Waals surface area (Å²) in [5.74, 6) is -7.04. The van der Waals surface area contributed by atoms with Gasteiger partial charge in [-0.15, -0.1) is 0 Å². The second kappa shape index (κ2) is 5.15. The second-order valence-corrected chi connectivity index (χ2v) is 5.85. The molecule has 2 rings (SSSR count). The van der Waals surface area contributed by atoms with Crippen LogP contribution in [0.3, 0.4) is 0 Å². The molecule has 1 aliphatic carbocycles. The molecule has 20 heavy (non-hydrogen) atoms. The van der Waals surface area contributed by atoms with Gasteiger partial charge >= 0.3 is 18.0 Å². The predicted octanol–water partition coefficient (Wildman–Crippen LogP) is 3.61. The van der Waals surface area contributed by atoms with Crippen molar-refractivity contribution in [2.45, 2.75) is 57.2 Å². The third-order valence-electron chi connectivity index (χ3n) is 4.62. The summed E-state index contributed by atoms with van der Waals surface area (Å²) in [6.45, 7) is 1.97. The van der Waals surface area contributed by atoms with E-state index in [0.717, 1.165) is 24.2 Å². The molecule has 0 N–H and O–H groups in total. The smallest absolute Gasteiger partial charge is 0.334 e. The Bertz CT molecular complexity index is 381. The van der Waals surface area contributed by atoms with Crippen molar-refractivity contribution in [3.8, 4) is 0 Å². The summed E-state index contributed by atoms with van der Waals surface area (Å²) in [5, 5.41) is 0. The molecular formula is C13H18F5NO. The topological polar surface area (TPSA) is 20.3 Å². The third kappa shape index (κ3) is 2.51. The SMILES string of the molecule is CC1CCN(C(=O)C(F)(F)C(F)(F)F)C2CCCCC12. The van der Waals surface area contributed by atoms with E-state index in [0.29, 0.717) is 12.8 Å². The van der Waals surface area contributed by atoms with Crippen molar-refractivity contribution in [2.24, 2.45) is 11.8 Å². The van der Waals surface area contributed by atoms with Crippen LogP contribution in [0, 0.1) is 11.8 Å². The maximum Gasteiger partial charge on any atom is 0.463 e. The highest BCUT2D eigenvalue weighted by Crippen LogP contribution is 2.43. The summed E-state index contributed by atoms with van der Waals surface area (Å²) < 4.78 is 63.5. The van der Waals surface area contributed by atoms with E-state index in [1.807, 2.05) is 6.92 Å². The lowest BCUT2D eigenvalue weighted by Crippen LogP contribution is -2.59. The summed E-state index contributed by atoms with van der Waals surface area (Å²) >= 11 is 0. The second-order valence-electron chi connectivity index (χ2n) is 5.85. The fourth-order valence-corrected chi connectivity index (χ4v) is 3.47. The molecule has 0 aromatic rings. The molecule has 7 heteroatoms. The largest absolute Gasteiger partial charge is 0.463 e. The lowest BCUT2D eigenvalue weighted by molar-refractivity contribution is -0.276. The number of hydrogen-bond acceptors (Lipinski definition) is 1. The lowest BCUT2D eigenvalue weighted by atomic mass is 9.72. The summed E-state index contributed by atoms with van der Waals surface area (Å²) in [7, 11) is 0. The van der Waals surface area contributed by atoms with Gasteiger partial charge in [0.2, 0.25) is 0 Å². The van der Waals surface area contributed by atoms with E-state index in [4.69, 9.17) is 0 Å². The van der Waals surface area contributed by atoms with Crippen LogP contribution in [0.5, 0.6) is 0 Å². The van der Waals surface area contributed by atoms with E-state index in [1.54, 1.807) is 0 Å².